The van der Waals surface area contributed by atoms with Gasteiger partial charge in [0.05, 0.1) is 11.8 Å². The Morgan fingerprint density at radius 3 is 2.47 bits per heavy atom. The van der Waals surface area contributed by atoms with Crippen molar-refractivity contribution < 1.29 is 5.11 Å². The van der Waals surface area contributed by atoms with E-state index in [0.717, 1.165) is 30.5 Å². The van der Waals surface area contributed by atoms with Crippen LogP contribution in [0.25, 0.3) is 0 Å². The van der Waals surface area contributed by atoms with E-state index in [0.29, 0.717) is 24.2 Å². The third-order valence-electron chi connectivity index (χ3n) is 3.74. The van der Waals surface area contributed by atoms with Gasteiger partial charge < -0.3 is 10.4 Å². The van der Waals surface area contributed by atoms with Crippen molar-refractivity contribution in [1.29, 1.82) is 0 Å². The smallest absolute Gasteiger partial charge is 0.131 e. The number of hydrogen-bond acceptors (Lipinski definition) is 3. The van der Waals surface area contributed by atoms with Gasteiger partial charge in [-0.2, -0.15) is 5.10 Å². The normalized spacial score (nSPS) is 13.2. The molecule has 0 spiro atoms. The predicted molar refractivity (Wildman–Crippen MR) is 79.4 cm³/mol. The van der Waals surface area contributed by atoms with Crippen molar-refractivity contribution in [1.82, 2.24) is 15.1 Å². The lowest BCUT2D eigenvalue weighted by molar-refractivity contribution is 0.101. The molecular weight excluding hydrogens is 262 g/mol. The maximum atomic E-state index is 10.1. The Bertz CT molecular complexity index is 388. The van der Waals surface area contributed by atoms with Crippen LogP contribution in [0.2, 0.25) is 5.15 Å². The summed E-state index contributed by atoms with van der Waals surface area (Å²) in [5, 5.41) is 18.4. The van der Waals surface area contributed by atoms with E-state index in [4.69, 9.17) is 11.6 Å². The molecule has 19 heavy (non-hydrogen) atoms. The fraction of sp³-hybridized carbons (Fsp3) is 0.786. The molecule has 1 unspecified atom stereocenters. The predicted octanol–water partition coefficient (Wildman–Crippen LogP) is 2.52. The average Bonchev–Trinajstić information content (AvgIpc) is 2.67. The number of nitrogens with one attached hydrogen (secondary N) is 1. The van der Waals surface area contributed by atoms with Crippen LogP contribution in [0.4, 0.5) is 0 Å². The average molecular weight is 288 g/mol. The number of aliphatic hydroxyl groups excluding tert-OH is 1. The molecule has 1 atom stereocenters. The summed E-state index contributed by atoms with van der Waals surface area (Å²) in [5.41, 5.74) is 2.07. The molecule has 1 heterocycles. The largest absolute Gasteiger partial charge is 0.392 e. The Kier molecular flexibility index (Phi) is 6.83. The molecule has 0 radical (unpaired) electrons. The van der Waals surface area contributed by atoms with Gasteiger partial charge in [-0.05, 0) is 12.3 Å². The van der Waals surface area contributed by atoms with E-state index < -0.39 is 0 Å². The molecule has 2 N–H and O–H groups in total. The van der Waals surface area contributed by atoms with Crippen LogP contribution in [0.3, 0.4) is 0 Å². The van der Waals surface area contributed by atoms with E-state index in [2.05, 4.69) is 31.2 Å². The summed E-state index contributed by atoms with van der Waals surface area (Å²) in [6.45, 7) is 7.56. The molecule has 0 bridgehead atoms. The van der Waals surface area contributed by atoms with Crippen LogP contribution < -0.4 is 5.32 Å². The maximum absolute atomic E-state index is 10.1. The Morgan fingerprint density at radius 1 is 1.32 bits per heavy atom. The lowest BCUT2D eigenvalue weighted by Crippen LogP contribution is -2.32. The second-order valence-corrected chi connectivity index (χ2v) is 5.33. The van der Waals surface area contributed by atoms with Crippen molar-refractivity contribution in [3.05, 3.63) is 16.4 Å². The summed E-state index contributed by atoms with van der Waals surface area (Å²) in [7, 11) is 1.85. The standard InChI is InChI=1S/C14H26ClN3O/c1-5-10(6-2)13(19)9-16-8-11-12(7-3)17-18(4)14(11)15/h10,13,16,19H,5-9H2,1-4H3. The van der Waals surface area contributed by atoms with Gasteiger partial charge in [-0.15, -0.1) is 0 Å². The van der Waals surface area contributed by atoms with Crippen molar-refractivity contribution in [3.8, 4) is 0 Å². The summed E-state index contributed by atoms with van der Waals surface area (Å²) in [6, 6.07) is 0. The van der Waals surface area contributed by atoms with Crippen molar-refractivity contribution in [3.63, 3.8) is 0 Å². The molecule has 0 fully saturated rings. The Morgan fingerprint density at radius 2 is 1.95 bits per heavy atom. The van der Waals surface area contributed by atoms with Crippen LogP contribution in [0.15, 0.2) is 0 Å². The maximum Gasteiger partial charge on any atom is 0.131 e. The van der Waals surface area contributed by atoms with Gasteiger partial charge in [-0.1, -0.05) is 45.2 Å². The van der Waals surface area contributed by atoms with Crippen LogP contribution in [0.1, 0.15) is 44.9 Å². The zero-order valence-corrected chi connectivity index (χ0v) is 13.2. The topological polar surface area (TPSA) is 50.1 Å². The highest BCUT2D eigenvalue weighted by molar-refractivity contribution is 6.30. The van der Waals surface area contributed by atoms with E-state index in [1.165, 1.54) is 0 Å². The zero-order chi connectivity index (χ0) is 14.4. The first-order valence-corrected chi connectivity index (χ1v) is 7.51. The van der Waals surface area contributed by atoms with Gasteiger partial charge in [0.25, 0.3) is 0 Å². The molecule has 4 nitrogen and oxygen atoms in total. The van der Waals surface area contributed by atoms with Gasteiger partial charge in [0.15, 0.2) is 0 Å². The molecular formula is C14H26ClN3O. The van der Waals surface area contributed by atoms with Gasteiger partial charge in [-0.25, -0.2) is 0 Å². The number of rotatable bonds is 8. The molecule has 1 aromatic rings. The minimum Gasteiger partial charge on any atom is -0.392 e. The van der Waals surface area contributed by atoms with Gasteiger partial charge >= 0.3 is 0 Å². The van der Waals surface area contributed by atoms with Crippen molar-refractivity contribution in [2.45, 2.75) is 52.7 Å². The SMILES string of the molecule is CCc1nn(C)c(Cl)c1CNCC(O)C(CC)CC. The summed E-state index contributed by atoms with van der Waals surface area (Å²) in [6.07, 6.45) is 2.59. The minimum atomic E-state index is -0.296. The molecule has 0 aliphatic rings. The number of aliphatic hydroxyl groups is 1. The number of aryl methyl sites for hydroxylation is 2. The molecule has 110 valence electrons. The lowest BCUT2D eigenvalue weighted by atomic mass is 9.96. The highest BCUT2D eigenvalue weighted by Crippen LogP contribution is 2.19. The Hall–Kier alpha value is -0.580. The van der Waals surface area contributed by atoms with Gasteiger partial charge in [0, 0.05) is 25.7 Å². The Balaban J connectivity index is 2.53. The fourth-order valence-electron chi connectivity index (χ4n) is 2.40. The van der Waals surface area contributed by atoms with E-state index in [1.54, 1.807) is 4.68 Å². The summed E-state index contributed by atoms with van der Waals surface area (Å²) in [5.74, 6) is 0.363. The molecule has 5 heteroatoms. The van der Waals surface area contributed by atoms with Gasteiger partial charge in [-0.3, -0.25) is 4.68 Å². The van der Waals surface area contributed by atoms with Crippen LogP contribution in [-0.4, -0.2) is 27.5 Å². The second kappa shape index (κ2) is 7.88. The molecule has 1 aromatic heterocycles. The quantitative estimate of drug-likeness (QED) is 0.772. The van der Waals surface area contributed by atoms with Crippen LogP contribution in [-0.2, 0) is 20.0 Å². The first-order chi connectivity index (χ1) is 9.04. The summed E-state index contributed by atoms with van der Waals surface area (Å²) >= 11 is 6.22. The number of nitrogens with zero attached hydrogens (tertiary/aromatic N) is 2. The molecule has 0 aromatic carbocycles. The molecule has 1 rings (SSSR count). The Labute approximate surface area is 121 Å². The number of halogens is 1. The fourth-order valence-corrected chi connectivity index (χ4v) is 2.62. The summed E-state index contributed by atoms with van der Waals surface area (Å²) < 4.78 is 1.70. The number of hydrogen-bond donors (Lipinski definition) is 2. The van der Waals surface area contributed by atoms with Gasteiger partial charge in [0.1, 0.15) is 5.15 Å². The highest BCUT2D eigenvalue weighted by Gasteiger charge is 2.16. The highest BCUT2D eigenvalue weighted by atomic mass is 35.5. The van der Waals surface area contributed by atoms with E-state index in [1.807, 2.05) is 7.05 Å². The van der Waals surface area contributed by atoms with Crippen molar-refractivity contribution >= 4 is 11.6 Å². The number of aromatic nitrogens is 2. The van der Waals surface area contributed by atoms with E-state index in [9.17, 15) is 5.11 Å². The van der Waals surface area contributed by atoms with Crippen LogP contribution >= 0.6 is 11.6 Å². The van der Waals surface area contributed by atoms with Crippen molar-refractivity contribution in [2.24, 2.45) is 13.0 Å². The molecule has 0 saturated heterocycles. The second-order valence-electron chi connectivity index (χ2n) is 4.97. The van der Waals surface area contributed by atoms with Crippen molar-refractivity contribution in [2.75, 3.05) is 6.54 Å². The molecule has 0 saturated carbocycles. The first-order valence-electron chi connectivity index (χ1n) is 7.14. The third-order valence-corrected chi connectivity index (χ3v) is 4.21. The first kappa shape index (κ1) is 16.5. The summed E-state index contributed by atoms with van der Waals surface area (Å²) in [4.78, 5) is 0. The lowest BCUT2D eigenvalue weighted by Gasteiger charge is -2.20. The minimum absolute atomic E-state index is 0.296. The molecule has 0 amide bonds. The van der Waals surface area contributed by atoms with Crippen LogP contribution in [0, 0.1) is 5.92 Å². The van der Waals surface area contributed by atoms with Crippen LogP contribution in [0.5, 0.6) is 0 Å². The van der Waals surface area contributed by atoms with E-state index in [-0.39, 0.29) is 6.10 Å². The zero-order valence-electron chi connectivity index (χ0n) is 12.4. The molecule has 0 aliphatic carbocycles. The third kappa shape index (κ3) is 4.20. The molecule has 0 aliphatic heterocycles. The van der Waals surface area contributed by atoms with E-state index >= 15 is 0 Å². The monoisotopic (exact) mass is 287 g/mol. The van der Waals surface area contributed by atoms with Gasteiger partial charge in [0.2, 0.25) is 0 Å².